The topological polar surface area (TPSA) is 89.3 Å². The van der Waals surface area contributed by atoms with Crippen molar-refractivity contribution >= 4 is 22.9 Å². The molecule has 0 aliphatic heterocycles. The van der Waals surface area contributed by atoms with E-state index in [1.54, 1.807) is 42.5 Å². The van der Waals surface area contributed by atoms with Crippen LogP contribution in [-0.4, -0.2) is 16.5 Å². The van der Waals surface area contributed by atoms with E-state index in [0.717, 1.165) is 11.1 Å². The average molecular weight is 555 g/mol. The minimum absolute atomic E-state index is 0.0686. The van der Waals surface area contributed by atoms with E-state index in [0.29, 0.717) is 16.8 Å². The summed E-state index contributed by atoms with van der Waals surface area (Å²) in [4.78, 5) is 39.9. The van der Waals surface area contributed by atoms with Gasteiger partial charge in [0.2, 0.25) is 0 Å². The molecular formula is C36H30N2O4. The number of nitrogens with zero attached hydrogens (tertiary/aromatic N) is 1. The van der Waals surface area contributed by atoms with Crippen molar-refractivity contribution in [1.82, 2.24) is 0 Å². The van der Waals surface area contributed by atoms with Crippen LogP contribution in [0.25, 0.3) is 0 Å². The number of anilines is 1. The van der Waals surface area contributed by atoms with Crippen molar-refractivity contribution in [2.75, 3.05) is 5.32 Å². The number of carbonyl (C=O) groups excluding carboxylic acids is 2. The minimum atomic E-state index is -0.801. The molecule has 42 heavy (non-hydrogen) atoms. The number of Topliss-reactive ketones (excluding diaryl/α,β-unsaturated/α-hetero) is 2. The Bertz CT molecular complexity index is 1640. The molecule has 0 saturated carbocycles. The van der Waals surface area contributed by atoms with Gasteiger partial charge in [0.1, 0.15) is 5.69 Å². The van der Waals surface area contributed by atoms with E-state index in [1.807, 2.05) is 97.1 Å². The van der Waals surface area contributed by atoms with E-state index in [-0.39, 0.29) is 23.7 Å². The second-order valence-electron chi connectivity index (χ2n) is 10.1. The number of ketones is 2. The fourth-order valence-corrected chi connectivity index (χ4v) is 5.42. The van der Waals surface area contributed by atoms with Crippen molar-refractivity contribution in [3.05, 3.63) is 178 Å². The van der Waals surface area contributed by atoms with Gasteiger partial charge in [-0.2, -0.15) is 0 Å². The number of rotatable bonds is 12. The molecule has 5 aromatic carbocycles. The van der Waals surface area contributed by atoms with Gasteiger partial charge in [0.25, 0.3) is 5.69 Å². The van der Waals surface area contributed by atoms with Gasteiger partial charge in [-0.1, -0.05) is 133 Å². The quantitative estimate of drug-likeness (QED) is 0.0952. The molecule has 0 aliphatic rings. The molecule has 0 radical (unpaired) electrons. The van der Waals surface area contributed by atoms with Crippen LogP contribution in [-0.2, 0) is 0 Å². The maximum Gasteiger partial charge on any atom is 0.292 e. The first-order valence-corrected chi connectivity index (χ1v) is 13.8. The molecule has 1 N–H and O–H groups in total. The predicted octanol–water partition coefficient (Wildman–Crippen LogP) is 8.30. The van der Waals surface area contributed by atoms with E-state index in [2.05, 4.69) is 5.32 Å². The monoisotopic (exact) mass is 554 g/mol. The number of nitrogens with one attached hydrogen (secondary N) is 1. The maximum atomic E-state index is 14.6. The summed E-state index contributed by atoms with van der Waals surface area (Å²) in [6.45, 7) is 0. The van der Waals surface area contributed by atoms with Crippen molar-refractivity contribution in [2.45, 2.75) is 18.4 Å². The standard InChI is InChI=1S/C36H30N2O4/c39-33(27-17-7-2-8-18-27)25-30(26-15-5-1-6-16-26)34(36(40)29-21-11-4-12-22-29)35(28-19-9-3-10-20-28)37-31-23-13-14-24-32(31)38(41)42/h1-24,30,34-35,37H,25H2/t30-,34+,35-/m1/s1. The lowest BCUT2D eigenvalue weighted by Gasteiger charge is -2.34. The smallest absolute Gasteiger partial charge is 0.292 e. The number of hydrogen-bond acceptors (Lipinski definition) is 5. The molecule has 208 valence electrons. The van der Waals surface area contributed by atoms with Crippen LogP contribution in [0.15, 0.2) is 146 Å². The van der Waals surface area contributed by atoms with E-state index in [9.17, 15) is 19.7 Å². The average Bonchev–Trinajstić information content (AvgIpc) is 3.05. The zero-order valence-electron chi connectivity index (χ0n) is 22.9. The van der Waals surface area contributed by atoms with Gasteiger partial charge in [-0.25, -0.2) is 0 Å². The molecule has 0 bridgehead atoms. The third-order valence-corrected chi connectivity index (χ3v) is 7.45. The summed E-state index contributed by atoms with van der Waals surface area (Å²) in [6, 6.07) is 42.7. The fraction of sp³-hybridized carbons (Fsp3) is 0.111. The molecule has 0 saturated heterocycles. The molecule has 0 unspecified atom stereocenters. The Kier molecular flexibility index (Phi) is 8.94. The molecule has 0 amide bonds. The first-order valence-electron chi connectivity index (χ1n) is 13.8. The van der Waals surface area contributed by atoms with Crippen molar-refractivity contribution in [3.63, 3.8) is 0 Å². The number of benzene rings is 5. The molecule has 6 nitrogen and oxygen atoms in total. The highest BCUT2D eigenvalue weighted by Crippen LogP contribution is 2.42. The molecule has 0 aliphatic carbocycles. The Morgan fingerprint density at radius 2 is 1.10 bits per heavy atom. The van der Waals surface area contributed by atoms with Gasteiger partial charge in [0.15, 0.2) is 11.6 Å². The van der Waals surface area contributed by atoms with E-state index in [4.69, 9.17) is 0 Å². The maximum absolute atomic E-state index is 14.6. The van der Waals surface area contributed by atoms with Crippen LogP contribution < -0.4 is 5.32 Å². The summed E-state index contributed by atoms with van der Waals surface area (Å²) < 4.78 is 0. The Morgan fingerprint density at radius 1 is 0.619 bits per heavy atom. The van der Waals surface area contributed by atoms with Crippen LogP contribution in [0.4, 0.5) is 11.4 Å². The zero-order valence-corrected chi connectivity index (χ0v) is 22.9. The first kappa shape index (κ1) is 28.2. The molecule has 0 spiro atoms. The summed E-state index contributed by atoms with van der Waals surface area (Å²) in [6.07, 6.45) is 0.0686. The molecular weight excluding hydrogens is 524 g/mol. The minimum Gasteiger partial charge on any atom is -0.372 e. The van der Waals surface area contributed by atoms with Gasteiger partial charge in [0.05, 0.1) is 16.9 Å². The van der Waals surface area contributed by atoms with Crippen molar-refractivity contribution in [3.8, 4) is 0 Å². The van der Waals surface area contributed by atoms with Crippen LogP contribution >= 0.6 is 0 Å². The van der Waals surface area contributed by atoms with Gasteiger partial charge in [0, 0.05) is 29.5 Å². The first-order chi connectivity index (χ1) is 20.5. The predicted molar refractivity (Wildman–Crippen MR) is 165 cm³/mol. The molecule has 6 heteroatoms. The lowest BCUT2D eigenvalue weighted by molar-refractivity contribution is -0.384. The van der Waals surface area contributed by atoms with Crippen LogP contribution in [0.2, 0.25) is 0 Å². The van der Waals surface area contributed by atoms with E-state index in [1.165, 1.54) is 6.07 Å². The van der Waals surface area contributed by atoms with Gasteiger partial charge < -0.3 is 5.32 Å². The highest BCUT2D eigenvalue weighted by molar-refractivity contribution is 6.01. The number of carbonyl (C=O) groups is 2. The van der Waals surface area contributed by atoms with E-state index < -0.39 is 22.8 Å². The Hall–Kier alpha value is -5.36. The van der Waals surface area contributed by atoms with Crippen molar-refractivity contribution < 1.29 is 14.5 Å². The van der Waals surface area contributed by atoms with Crippen molar-refractivity contribution in [1.29, 1.82) is 0 Å². The van der Waals surface area contributed by atoms with Crippen LogP contribution in [0, 0.1) is 16.0 Å². The largest absolute Gasteiger partial charge is 0.372 e. The number of hydrogen-bond donors (Lipinski definition) is 1. The number of nitro groups is 1. The third kappa shape index (κ3) is 6.50. The lowest BCUT2D eigenvalue weighted by Crippen LogP contribution is -2.34. The van der Waals surface area contributed by atoms with Gasteiger partial charge in [-0.05, 0) is 17.2 Å². The molecule has 0 aromatic heterocycles. The van der Waals surface area contributed by atoms with Gasteiger partial charge in [-0.3, -0.25) is 19.7 Å². The number of nitro benzene ring substituents is 1. The summed E-state index contributed by atoms with van der Waals surface area (Å²) in [5.74, 6) is -1.60. The van der Waals surface area contributed by atoms with Crippen LogP contribution in [0.1, 0.15) is 50.2 Å². The Morgan fingerprint density at radius 3 is 1.67 bits per heavy atom. The highest BCUT2D eigenvalue weighted by Gasteiger charge is 2.39. The molecule has 5 rings (SSSR count). The lowest BCUT2D eigenvalue weighted by atomic mass is 9.72. The van der Waals surface area contributed by atoms with Crippen LogP contribution in [0.5, 0.6) is 0 Å². The fourth-order valence-electron chi connectivity index (χ4n) is 5.42. The van der Waals surface area contributed by atoms with Crippen molar-refractivity contribution in [2.24, 2.45) is 5.92 Å². The molecule has 0 fully saturated rings. The Balaban J connectivity index is 1.70. The van der Waals surface area contributed by atoms with Gasteiger partial charge in [-0.15, -0.1) is 0 Å². The molecule has 5 aromatic rings. The second kappa shape index (κ2) is 13.3. The highest BCUT2D eigenvalue weighted by atomic mass is 16.6. The number of para-hydroxylation sites is 2. The third-order valence-electron chi connectivity index (χ3n) is 7.45. The molecule has 0 heterocycles. The normalized spacial score (nSPS) is 13.0. The Labute approximate surface area is 244 Å². The summed E-state index contributed by atoms with van der Waals surface area (Å²) in [5, 5.41) is 15.4. The second-order valence-corrected chi connectivity index (χ2v) is 10.1. The van der Waals surface area contributed by atoms with E-state index >= 15 is 0 Å². The van der Waals surface area contributed by atoms with Crippen LogP contribution in [0.3, 0.4) is 0 Å². The zero-order chi connectivity index (χ0) is 29.3. The molecule has 3 atom stereocenters. The SMILES string of the molecule is O=C(C[C@H](c1ccccc1)[C@H](C(=O)c1ccccc1)[C@H](Nc1ccccc1[N+](=O)[O-])c1ccccc1)c1ccccc1. The summed E-state index contributed by atoms with van der Waals surface area (Å²) in [5.41, 5.74) is 2.87. The van der Waals surface area contributed by atoms with Gasteiger partial charge >= 0.3 is 0 Å². The summed E-state index contributed by atoms with van der Waals surface area (Å²) in [7, 11) is 0. The summed E-state index contributed by atoms with van der Waals surface area (Å²) >= 11 is 0.